The van der Waals surface area contributed by atoms with E-state index in [2.05, 4.69) is 0 Å². The minimum absolute atomic E-state index is 0.0428. The molecule has 0 aliphatic carbocycles. The molecule has 3 rings (SSSR count). The van der Waals surface area contributed by atoms with Gasteiger partial charge >= 0.3 is 6.09 Å². The standard InChI is InChI=1S/C14H14F2N2O3/c15-11-3-1-2-9(13(11)16)6-12(19)17-4-5-18-10(7-17)8-21-14(18)20/h1-3,10H,4-8H2/t10-/m1/s1. The fraction of sp³-hybridized carbons (Fsp3) is 0.429. The summed E-state index contributed by atoms with van der Waals surface area (Å²) in [5, 5.41) is 0. The number of carbonyl (C=O) groups excluding carboxylic acids is 2. The van der Waals surface area contributed by atoms with Gasteiger partial charge < -0.3 is 9.64 Å². The maximum atomic E-state index is 13.6. The fourth-order valence-electron chi connectivity index (χ4n) is 2.67. The van der Waals surface area contributed by atoms with Crippen LogP contribution in [0, 0.1) is 11.6 Å². The third kappa shape index (κ3) is 2.55. The van der Waals surface area contributed by atoms with Crippen molar-refractivity contribution >= 4 is 12.0 Å². The molecule has 0 N–H and O–H groups in total. The van der Waals surface area contributed by atoms with Gasteiger partial charge in [-0.05, 0) is 6.07 Å². The molecule has 112 valence electrons. The average Bonchev–Trinajstić information content (AvgIpc) is 2.85. The summed E-state index contributed by atoms with van der Waals surface area (Å²) in [6.45, 7) is 1.40. The monoisotopic (exact) mass is 296 g/mol. The van der Waals surface area contributed by atoms with E-state index in [0.29, 0.717) is 19.6 Å². The van der Waals surface area contributed by atoms with E-state index < -0.39 is 11.6 Å². The Kier molecular flexibility index (Phi) is 3.48. The highest BCUT2D eigenvalue weighted by molar-refractivity contribution is 5.79. The molecular weight excluding hydrogens is 282 g/mol. The highest BCUT2D eigenvalue weighted by atomic mass is 19.2. The van der Waals surface area contributed by atoms with Crippen LogP contribution in [-0.4, -0.2) is 54.1 Å². The first kappa shape index (κ1) is 13.8. The lowest BCUT2D eigenvalue weighted by Crippen LogP contribution is -2.54. The highest BCUT2D eigenvalue weighted by Gasteiger charge is 2.38. The van der Waals surface area contributed by atoms with Crippen LogP contribution in [0.2, 0.25) is 0 Å². The van der Waals surface area contributed by atoms with Crippen LogP contribution in [0.4, 0.5) is 13.6 Å². The Balaban J connectivity index is 1.66. The molecule has 2 fully saturated rings. The van der Waals surface area contributed by atoms with E-state index in [1.54, 1.807) is 9.80 Å². The molecular formula is C14H14F2N2O3. The van der Waals surface area contributed by atoms with Gasteiger partial charge in [-0.3, -0.25) is 9.69 Å². The van der Waals surface area contributed by atoms with Crippen LogP contribution in [0.3, 0.4) is 0 Å². The first-order chi connectivity index (χ1) is 10.1. The van der Waals surface area contributed by atoms with E-state index in [4.69, 9.17) is 4.74 Å². The second kappa shape index (κ2) is 5.31. The van der Waals surface area contributed by atoms with Crippen molar-refractivity contribution in [3.05, 3.63) is 35.4 Å². The Morgan fingerprint density at radius 3 is 2.95 bits per heavy atom. The minimum atomic E-state index is -0.983. The van der Waals surface area contributed by atoms with Crippen LogP contribution in [0.15, 0.2) is 18.2 Å². The number of hydrogen-bond acceptors (Lipinski definition) is 3. The number of halogens is 2. The molecule has 0 spiro atoms. The number of ether oxygens (including phenoxy) is 1. The van der Waals surface area contributed by atoms with Crippen molar-refractivity contribution in [3.8, 4) is 0 Å². The van der Waals surface area contributed by atoms with Gasteiger partial charge in [0.1, 0.15) is 6.61 Å². The van der Waals surface area contributed by atoms with Crippen molar-refractivity contribution in [1.82, 2.24) is 9.80 Å². The second-order valence-corrected chi connectivity index (χ2v) is 5.15. The van der Waals surface area contributed by atoms with E-state index in [-0.39, 0.29) is 36.6 Å². The smallest absolute Gasteiger partial charge is 0.410 e. The number of carbonyl (C=O) groups is 2. The van der Waals surface area contributed by atoms with Crippen molar-refractivity contribution < 1.29 is 23.1 Å². The molecule has 2 amide bonds. The van der Waals surface area contributed by atoms with Crippen LogP contribution in [-0.2, 0) is 16.0 Å². The third-order valence-electron chi connectivity index (χ3n) is 3.84. The lowest BCUT2D eigenvalue weighted by atomic mass is 10.1. The van der Waals surface area contributed by atoms with E-state index >= 15 is 0 Å². The summed E-state index contributed by atoms with van der Waals surface area (Å²) in [4.78, 5) is 26.7. The molecule has 2 saturated heterocycles. The molecule has 2 aliphatic rings. The third-order valence-corrected chi connectivity index (χ3v) is 3.84. The van der Waals surface area contributed by atoms with E-state index in [1.807, 2.05) is 0 Å². The van der Waals surface area contributed by atoms with Crippen LogP contribution >= 0.6 is 0 Å². The SMILES string of the molecule is O=C(Cc1cccc(F)c1F)N1CCN2C(=O)OC[C@H]2C1. The lowest BCUT2D eigenvalue weighted by Gasteiger charge is -2.35. The van der Waals surface area contributed by atoms with E-state index in [9.17, 15) is 18.4 Å². The largest absolute Gasteiger partial charge is 0.447 e. The lowest BCUT2D eigenvalue weighted by molar-refractivity contribution is -0.132. The van der Waals surface area contributed by atoms with Gasteiger partial charge in [-0.2, -0.15) is 0 Å². The molecule has 2 aliphatic heterocycles. The molecule has 0 radical (unpaired) electrons. The summed E-state index contributed by atoms with van der Waals surface area (Å²) in [5.41, 5.74) is 0.0428. The highest BCUT2D eigenvalue weighted by Crippen LogP contribution is 2.19. The summed E-state index contributed by atoms with van der Waals surface area (Å²) in [6.07, 6.45) is -0.547. The Morgan fingerprint density at radius 1 is 1.33 bits per heavy atom. The molecule has 7 heteroatoms. The zero-order chi connectivity index (χ0) is 15.0. The first-order valence-electron chi connectivity index (χ1n) is 6.70. The first-order valence-corrected chi connectivity index (χ1v) is 6.70. The zero-order valence-corrected chi connectivity index (χ0v) is 11.2. The molecule has 1 aromatic carbocycles. The van der Waals surface area contributed by atoms with Gasteiger partial charge in [-0.25, -0.2) is 13.6 Å². The maximum absolute atomic E-state index is 13.6. The predicted octanol–water partition coefficient (Wildman–Crippen LogP) is 1.17. The van der Waals surface area contributed by atoms with Gasteiger partial charge in [0.25, 0.3) is 0 Å². The van der Waals surface area contributed by atoms with Gasteiger partial charge in [0.05, 0.1) is 12.5 Å². The summed E-state index contributed by atoms with van der Waals surface area (Å²) in [7, 11) is 0. The van der Waals surface area contributed by atoms with Crippen molar-refractivity contribution in [2.45, 2.75) is 12.5 Å². The number of nitrogens with zero attached hydrogens (tertiary/aromatic N) is 2. The predicted molar refractivity (Wildman–Crippen MR) is 68.5 cm³/mol. The molecule has 1 aromatic rings. The number of fused-ring (bicyclic) bond motifs is 1. The molecule has 0 bridgehead atoms. The van der Waals surface area contributed by atoms with Crippen molar-refractivity contribution in [2.24, 2.45) is 0 Å². The number of hydrogen-bond donors (Lipinski definition) is 0. The van der Waals surface area contributed by atoms with Crippen molar-refractivity contribution in [1.29, 1.82) is 0 Å². The van der Waals surface area contributed by atoms with Gasteiger partial charge in [0.15, 0.2) is 11.6 Å². The maximum Gasteiger partial charge on any atom is 0.410 e. The Hall–Kier alpha value is -2.18. The molecule has 0 unspecified atom stereocenters. The molecule has 21 heavy (non-hydrogen) atoms. The zero-order valence-electron chi connectivity index (χ0n) is 11.2. The Labute approximate surface area is 120 Å². The summed E-state index contributed by atoms with van der Waals surface area (Å²) in [5.74, 6) is -2.22. The molecule has 1 atom stereocenters. The van der Waals surface area contributed by atoms with Gasteiger partial charge in [0.2, 0.25) is 5.91 Å². The van der Waals surface area contributed by atoms with Crippen LogP contribution in [0.25, 0.3) is 0 Å². The quantitative estimate of drug-likeness (QED) is 0.823. The van der Waals surface area contributed by atoms with E-state index in [1.165, 1.54) is 12.1 Å². The topological polar surface area (TPSA) is 49.9 Å². The van der Waals surface area contributed by atoms with Gasteiger partial charge in [-0.1, -0.05) is 12.1 Å². The van der Waals surface area contributed by atoms with Gasteiger partial charge in [-0.15, -0.1) is 0 Å². The van der Waals surface area contributed by atoms with Crippen LogP contribution < -0.4 is 0 Å². The van der Waals surface area contributed by atoms with Crippen LogP contribution in [0.1, 0.15) is 5.56 Å². The van der Waals surface area contributed by atoms with Crippen molar-refractivity contribution in [2.75, 3.05) is 26.2 Å². The Morgan fingerprint density at radius 2 is 2.14 bits per heavy atom. The van der Waals surface area contributed by atoms with Crippen molar-refractivity contribution in [3.63, 3.8) is 0 Å². The summed E-state index contributed by atoms with van der Waals surface area (Å²) < 4.78 is 31.6. The second-order valence-electron chi connectivity index (χ2n) is 5.15. The molecule has 0 aromatic heterocycles. The normalized spacial score (nSPS) is 21.2. The Bertz CT molecular complexity index is 594. The molecule has 5 nitrogen and oxygen atoms in total. The van der Waals surface area contributed by atoms with Crippen LogP contribution in [0.5, 0.6) is 0 Å². The number of cyclic esters (lactones) is 1. The minimum Gasteiger partial charge on any atom is -0.447 e. The van der Waals surface area contributed by atoms with Gasteiger partial charge in [0, 0.05) is 25.2 Å². The number of rotatable bonds is 2. The summed E-state index contributed by atoms with van der Waals surface area (Å²) >= 11 is 0. The van der Waals surface area contributed by atoms with E-state index in [0.717, 1.165) is 6.07 Å². The molecule has 0 saturated carbocycles. The average molecular weight is 296 g/mol. The number of benzene rings is 1. The number of piperazine rings is 1. The fourth-order valence-corrected chi connectivity index (χ4v) is 2.67. The summed E-state index contributed by atoms with van der Waals surface area (Å²) in [6, 6.07) is 3.65. The molecule has 2 heterocycles. The number of amides is 2.